The average Bonchev–Trinajstić information content (AvgIpc) is 2.55. The highest BCUT2D eigenvalue weighted by molar-refractivity contribution is 6.33. The molecule has 1 saturated heterocycles. The fourth-order valence-electron chi connectivity index (χ4n) is 2.37. The molecule has 1 fully saturated rings. The fraction of sp³-hybridized carbons (Fsp3) is 0.375. The number of terminal acetylenes is 1. The summed E-state index contributed by atoms with van der Waals surface area (Å²) < 4.78 is 0. The van der Waals surface area contributed by atoms with Gasteiger partial charge in [-0.2, -0.15) is 0 Å². The molecule has 1 heterocycles. The number of phenolic OH excluding ortho intramolecular Hbond substituents is 1. The smallest absolute Gasteiger partial charge is 0.255 e. The van der Waals surface area contributed by atoms with Crippen LogP contribution in [0.15, 0.2) is 18.2 Å². The molecule has 1 aliphatic heterocycles. The van der Waals surface area contributed by atoms with E-state index in [1.54, 1.807) is 4.90 Å². The van der Waals surface area contributed by atoms with E-state index in [1.807, 2.05) is 4.90 Å². The molecule has 0 aromatic heterocycles. The van der Waals surface area contributed by atoms with Crippen molar-refractivity contribution in [2.45, 2.75) is 0 Å². The number of halogens is 1. The Bertz CT molecular complexity index is 634. The van der Waals surface area contributed by atoms with Gasteiger partial charge >= 0.3 is 0 Å². The topological polar surface area (TPSA) is 72.9 Å². The lowest BCUT2D eigenvalue weighted by molar-refractivity contribution is -0.122. The lowest BCUT2D eigenvalue weighted by atomic mass is 10.1. The zero-order valence-corrected chi connectivity index (χ0v) is 13.3. The third kappa shape index (κ3) is 4.62. The van der Waals surface area contributed by atoms with Gasteiger partial charge in [-0.3, -0.25) is 14.5 Å². The summed E-state index contributed by atoms with van der Waals surface area (Å²) in [6.45, 7) is 2.64. The van der Waals surface area contributed by atoms with E-state index in [0.29, 0.717) is 31.2 Å². The van der Waals surface area contributed by atoms with Gasteiger partial charge in [0.15, 0.2) is 0 Å². The number of hydrogen-bond acceptors (Lipinski definition) is 4. The first-order valence-corrected chi connectivity index (χ1v) is 7.59. The van der Waals surface area contributed by atoms with Crippen LogP contribution in [0, 0.1) is 12.3 Å². The van der Waals surface area contributed by atoms with Crippen molar-refractivity contribution >= 4 is 23.4 Å². The number of piperazine rings is 1. The van der Waals surface area contributed by atoms with E-state index < -0.39 is 0 Å². The first-order chi connectivity index (χ1) is 11.0. The number of hydrogen-bond donors (Lipinski definition) is 2. The number of nitrogens with one attached hydrogen (secondary N) is 1. The van der Waals surface area contributed by atoms with E-state index in [0.717, 1.165) is 0 Å². The van der Waals surface area contributed by atoms with Gasteiger partial charge in [0.05, 0.1) is 23.7 Å². The fourth-order valence-corrected chi connectivity index (χ4v) is 2.56. The van der Waals surface area contributed by atoms with Crippen molar-refractivity contribution in [2.24, 2.45) is 0 Å². The summed E-state index contributed by atoms with van der Waals surface area (Å²) in [6.07, 6.45) is 5.09. The number of rotatable bonds is 4. The summed E-state index contributed by atoms with van der Waals surface area (Å²) in [6, 6.07) is 4.30. The van der Waals surface area contributed by atoms with Crippen molar-refractivity contribution in [1.82, 2.24) is 15.1 Å². The lowest BCUT2D eigenvalue weighted by Crippen LogP contribution is -2.51. The molecule has 0 radical (unpaired) electrons. The summed E-state index contributed by atoms with van der Waals surface area (Å²) in [7, 11) is 0. The Hall–Kier alpha value is -2.23. The third-order valence-corrected chi connectivity index (χ3v) is 3.92. The van der Waals surface area contributed by atoms with E-state index in [-0.39, 0.29) is 36.2 Å². The van der Waals surface area contributed by atoms with Gasteiger partial charge in [0, 0.05) is 26.2 Å². The first-order valence-electron chi connectivity index (χ1n) is 7.21. The molecule has 23 heavy (non-hydrogen) atoms. The minimum absolute atomic E-state index is 0.00145. The van der Waals surface area contributed by atoms with Crippen LogP contribution in [0.2, 0.25) is 5.02 Å². The van der Waals surface area contributed by atoms with Gasteiger partial charge in [-0.05, 0) is 18.2 Å². The molecule has 0 bridgehead atoms. The van der Waals surface area contributed by atoms with Crippen LogP contribution in [0.1, 0.15) is 10.4 Å². The maximum absolute atomic E-state index is 12.5. The standard InChI is InChI=1S/C16H18ClN3O3/c1-2-5-18-15(22)11-19-6-8-20(9-7-19)16(23)13-10-12(21)3-4-14(13)17/h1,3-4,10,21H,5-9,11H2,(H,18,22). The predicted molar refractivity (Wildman–Crippen MR) is 87.3 cm³/mol. The van der Waals surface area contributed by atoms with E-state index in [4.69, 9.17) is 18.0 Å². The molecule has 0 spiro atoms. The summed E-state index contributed by atoms with van der Waals surface area (Å²) in [5, 5.41) is 12.4. The van der Waals surface area contributed by atoms with Crippen molar-refractivity contribution in [3.63, 3.8) is 0 Å². The number of benzene rings is 1. The zero-order chi connectivity index (χ0) is 16.8. The van der Waals surface area contributed by atoms with Crippen molar-refractivity contribution in [3.8, 4) is 18.1 Å². The average molecular weight is 336 g/mol. The summed E-state index contributed by atoms with van der Waals surface area (Å²) >= 11 is 6.02. The molecule has 0 atom stereocenters. The van der Waals surface area contributed by atoms with Crippen molar-refractivity contribution in [2.75, 3.05) is 39.3 Å². The zero-order valence-electron chi connectivity index (χ0n) is 12.6. The van der Waals surface area contributed by atoms with Gasteiger partial charge in [-0.15, -0.1) is 6.42 Å². The van der Waals surface area contributed by atoms with Crippen LogP contribution in [0.4, 0.5) is 0 Å². The molecule has 2 rings (SSSR count). The second-order valence-electron chi connectivity index (χ2n) is 5.21. The highest BCUT2D eigenvalue weighted by atomic mass is 35.5. The van der Waals surface area contributed by atoms with Crippen molar-refractivity contribution < 1.29 is 14.7 Å². The molecule has 1 aliphatic rings. The molecule has 0 aliphatic carbocycles. The lowest BCUT2D eigenvalue weighted by Gasteiger charge is -2.34. The maximum Gasteiger partial charge on any atom is 0.255 e. The number of amides is 2. The third-order valence-electron chi connectivity index (χ3n) is 3.59. The van der Waals surface area contributed by atoms with Crippen LogP contribution in [-0.4, -0.2) is 66.0 Å². The van der Waals surface area contributed by atoms with Crippen molar-refractivity contribution in [3.05, 3.63) is 28.8 Å². The Balaban J connectivity index is 1.89. The highest BCUT2D eigenvalue weighted by Gasteiger charge is 2.24. The highest BCUT2D eigenvalue weighted by Crippen LogP contribution is 2.23. The number of carbonyl (C=O) groups is 2. The van der Waals surface area contributed by atoms with Gasteiger partial charge in [-0.25, -0.2) is 0 Å². The Morgan fingerprint density at radius 3 is 2.65 bits per heavy atom. The second-order valence-corrected chi connectivity index (χ2v) is 5.62. The molecule has 7 heteroatoms. The van der Waals surface area contributed by atoms with E-state index in [2.05, 4.69) is 11.2 Å². The monoisotopic (exact) mass is 335 g/mol. The van der Waals surface area contributed by atoms with E-state index in [9.17, 15) is 14.7 Å². The number of carbonyl (C=O) groups excluding carboxylic acids is 2. The summed E-state index contributed by atoms with van der Waals surface area (Å²) in [5.41, 5.74) is 0.284. The molecular formula is C16H18ClN3O3. The predicted octanol–water partition coefficient (Wildman–Crippen LogP) is 0.553. The van der Waals surface area contributed by atoms with E-state index >= 15 is 0 Å². The number of aromatic hydroxyl groups is 1. The molecule has 0 saturated carbocycles. The molecule has 1 aromatic rings. The maximum atomic E-state index is 12.5. The van der Waals surface area contributed by atoms with Gasteiger partial charge in [0.1, 0.15) is 5.75 Å². The Morgan fingerprint density at radius 1 is 1.30 bits per heavy atom. The quantitative estimate of drug-likeness (QED) is 0.788. The van der Waals surface area contributed by atoms with Crippen LogP contribution in [0.3, 0.4) is 0 Å². The van der Waals surface area contributed by atoms with Gasteiger partial charge in [-0.1, -0.05) is 17.5 Å². The van der Waals surface area contributed by atoms with Gasteiger partial charge in [0.25, 0.3) is 5.91 Å². The Morgan fingerprint density at radius 2 is 2.00 bits per heavy atom. The molecular weight excluding hydrogens is 318 g/mol. The second kappa shape index (κ2) is 7.86. The van der Waals surface area contributed by atoms with Gasteiger partial charge in [0.2, 0.25) is 5.91 Å². The molecule has 2 N–H and O–H groups in total. The minimum Gasteiger partial charge on any atom is -0.508 e. The number of nitrogens with zero attached hydrogens (tertiary/aromatic N) is 2. The SMILES string of the molecule is C#CCNC(=O)CN1CCN(C(=O)c2cc(O)ccc2Cl)CC1. The van der Waals surface area contributed by atoms with Crippen LogP contribution < -0.4 is 5.32 Å². The largest absolute Gasteiger partial charge is 0.508 e. The Labute approximate surface area is 140 Å². The van der Waals surface area contributed by atoms with Gasteiger partial charge < -0.3 is 15.3 Å². The first kappa shape index (κ1) is 17.1. The minimum atomic E-state index is -0.220. The molecule has 1 aromatic carbocycles. The van der Waals surface area contributed by atoms with Crippen LogP contribution in [0.5, 0.6) is 5.75 Å². The molecule has 0 unspecified atom stereocenters. The molecule has 6 nitrogen and oxygen atoms in total. The summed E-state index contributed by atoms with van der Waals surface area (Å²) in [4.78, 5) is 27.7. The van der Waals surface area contributed by atoms with Crippen LogP contribution in [0.25, 0.3) is 0 Å². The molecule has 122 valence electrons. The van der Waals surface area contributed by atoms with Crippen molar-refractivity contribution in [1.29, 1.82) is 0 Å². The Kier molecular flexibility index (Phi) is 5.85. The molecule has 2 amide bonds. The van der Waals surface area contributed by atoms with Crippen LogP contribution in [-0.2, 0) is 4.79 Å². The van der Waals surface area contributed by atoms with E-state index in [1.165, 1.54) is 18.2 Å². The number of phenols is 1. The normalized spacial score (nSPS) is 15.0. The summed E-state index contributed by atoms with van der Waals surface area (Å²) in [5.74, 6) is 2.00. The van der Waals surface area contributed by atoms with Crippen LogP contribution >= 0.6 is 11.6 Å².